The zero-order valence-electron chi connectivity index (χ0n) is 20.0. The Balaban J connectivity index is 1.51. The van der Waals surface area contributed by atoms with Crippen molar-refractivity contribution in [1.82, 2.24) is 15.8 Å². The van der Waals surface area contributed by atoms with Crippen molar-refractivity contribution >= 4 is 52.3 Å². The van der Waals surface area contributed by atoms with Crippen LogP contribution in [0.2, 0.25) is 5.02 Å². The van der Waals surface area contributed by atoms with Crippen LogP contribution in [0, 0.1) is 0 Å². The molecule has 1 aliphatic rings. The van der Waals surface area contributed by atoms with Gasteiger partial charge >= 0.3 is 0 Å². The standard InChI is InChI=1S/C27H25ClN4O4S/c1-36-22-13-11-21(12-14-22)31-26(35)23(17-24(33)29-16-15-18-5-3-2-4-6-18)32(27(31)37)30-25(34)19-7-9-20(28)10-8-19/h2-14,23H,15-17H2,1H3,(H,29,33)(H,30,34). The molecule has 1 atom stereocenters. The minimum atomic E-state index is -1.03. The highest BCUT2D eigenvalue weighted by Crippen LogP contribution is 2.28. The molecule has 1 aliphatic heterocycles. The fourth-order valence-corrected chi connectivity index (χ4v) is 4.38. The van der Waals surface area contributed by atoms with Crippen molar-refractivity contribution in [2.75, 3.05) is 18.6 Å². The lowest BCUT2D eigenvalue weighted by Crippen LogP contribution is -2.50. The molecule has 37 heavy (non-hydrogen) atoms. The van der Waals surface area contributed by atoms with E-state index >= 15 is 0 Å². The average molecular weight is 537 g/mol. The third-order valence-electron chi connectivity index (χ3n) is 5.83. The number of halogens is 1. The minimum absolute atomic E-state index is 0.0552. The van der Waals surface area contributed by atoms with E-state index in [2.05, 4.69) is 10.7 Å². The molecule has 0 aliphatic carbocycles. The first-order valence-electron chi connectivity index (χ1n) is 11.6. The average Bonchev–Trinajstić information content (AvgIpc) is 3.13. The Kier molecular flexibility index (Phi) is 8.37. The topological polar surface area (TPSA) is 91.0 Å². The van der Waals surface area contributed by atoms with E-state index in [0.717, 1.165) is 5.56 Å². The van der Waals surface area contributed by atoms with Crippen LogP contribution < -0.4 is 20.4 Å². The van der Waals surface area contributed by atoms with Gasteiger partial charge in [0.25, 0.3) is 11.8 Å². The van der Waals surface area contributed by atoms with Crippen LogP contribution in [0.15, 0.2) is 78.9 Å². The number of nitrogens with zero attached hydrogens (tertiary/aromatic N) is 2. The van der Waals surface area contributed by atoms with E-state index in [1.165, 1.54) is 9.91 Å². The summed E-state index contributed by atoms with van der Waals surface area (Å²) in [7, 11) is 1.54. The molecule has 8 nitrogen and oxygen atoms in total. The van der Waals surface area contributed by atoms with Gasteiger partial charge in [-0.3, -0.25) is 24.7 Å². The summed E-state index contributed by atoms with van der Waals surface area (Å²) in [6, 6.07) is 21.8. The lowest BCUT2D eigenvalue weighted by Gasteiger charge is -2.24. The largest absolute Gasteiger partial charge is 0.497 e. The fraction of sp³-hybridized carbons (Fsp3) is 0.185. The number of methoxy groups -OCH3 is 1. The van der Waals surface area contributed by atoms with Gasteiger partial charge in [0.2, 0.25) is 11.0 Å². The Hall–Kier alpha value is -3.95. The summed E-state index contributed by atoms with van der Waals surface area (Å²) in [6.07, 6.45) is 0.458. The Morgan fingerprint density at radius 2 is 1.68 bits per heavy atom. The van der Waals surface area contributed by atoms with E-state index in [0.29, 0.717) is 35.0 Å². The SMILES string of the molecule is COc1ccc(N2C(=O)C(CC(=O)NCCc3ccccc3)N(NC(=O)c3ccc(Cl)cc3)C2=S)cc1. The second kappa shape index (κ2) is 11.9. The number of rotatable bonds is 9. The van der Waals surface area contributed by atoms with Gasteiger partial charge in [-0.05, 0) is 72.7 Å². The summed E-state index contributed by atoms with van der Waals surface area (Å²) >= 11 is 11.5. The molecule has 0 radical (unpaired) electrons. The second-order valence-corrected chi connectivity index (χ2v) is 9.08. The van der Waals surface area contributed by atoms with Gasteiger partial charge in [0.05, 0.1) is 19.2 Å². The van der Waals surface area contributed by atoms with Crippen LogP contribution in [0.4, 0.5) is 5.69 Å². The lowest BCUT2D eigenvalue weighted by atomic mass is 10.1. The van der Waals surface area contributed by atoms with Crippen LogP contribution >= 0.6 is 23.8 Å². The minimum Gasteiger partial charge on any atom is -0.497 e. The molecule has 0 saturated carbocycles. The number of hydrogen-bond donors (Lipinski definition) is 2. The van der Waals surface area contributed by atoms with Crippen LogP contribution in [0.5, 0.6) is 5.75 Å². The van der Waals surface area contributed by atoms with Gasteiger partial charge in [-0.2, -0.15) is 0 Å². The van der Waals surface area contributed by atoms with E-state index in [9.17, 15) is 14.4 Å². The summed E-state index contributed by atoms with van der Waals surface area (Å²) in [5, 5.41) is 4.67. The maximum absolute atomic E-state index is 13.5. The molecular formula is C27H25ClN4O4S. The molecule has 0 bridgehead atoms. The molecule has 1 heterocycles. The number of carbonyl (C=O) groups excluding carboxylic acids is 3. The maximum atomic E-state index is 13.5. The van der Waals surface area contributed by atoms with Gasteiger partial charge in [-0.15, -0.1) is 0 Å². The molecule has 1 saturated heterocycles. The highest BCUT2D eigenvalue weighted by Gasteiger charge is 2.45. The lowest BCUT2D eigenvalue weighted by molar-refractivity contribution is -0.127. The Morgan fingerprint density at radius 1 is 1.00 bits per heavy atom. The number of hydrogen-bond acceptors (Lipinski definition) is 5. The van der Waals surface area contributed by atoms with Crippen molar-refractivity contribution in [3.8, 4) is 5.75 Å². The third-order valence-corrected chi connectivity index (χ3v) is 6.46. The van der Waals surface area contributed by atoms with Crippen LogP contribution in [0.1, 0.15) is 22.3 Å². The molecule has 0 aromatic heterocycles. The van der Waals surface area contributed by atoms with Crippen molar-refractivity contribution in [2.45, 2.75) is 18.9 Å². The van der Waals surface area contributed by atoms with Gasteiger partial charge in [0.1, 0.15) is 11.8 Å². The number of benzene rings is 3. The van der Waals surface area contributed by atoms with Crippen LogP contribution in [-0.2, 0) is 16.0 Å². The van der Waals surface area contributed by atoms with Crippen LogP contribution in [0.3, 0.4) is 0 Å². The van der Waals surface area contributed by atoms with E-state index in [4.69, 9.17) is 28.6 Å². The van der Waals surface area contributed by atoms with E-state index in [1.54, 1.807) is 55.6 Å². The molecule has 1 fully saturated rings. The zero-order chi connectivity index (χ0) is 26.4. The fourth-order valence-electron chi connectivity index (χ4n) is 3.88. The molecule has 4 rings (SSSR count). The first-order chi connectivity index (χ1) is 17.9. The van der Waals surface area contributed by atoms with Crippen molar-refractivity contribution in [3.05, 3.63) is 95.0 Å². The Morgan fingerprint density at radius 3 is 2.32 bits per heavy atom. The highest BCUT2D eigenvalue weighted by molar-refractivity contribution is 7.80. The highest BCUT2D eigenvalue weighted by atomic mass is 35.5. The molecule has 190 valence electrons. The molecule has 3 aromatic rings. The number of carbonyl (C=O) groups is 3. The van der Waals surface area contributed by atoms with E-state index in [-0.39, 0.29) is 17.4 Å². The number of nitrogens with one attached hydrogen (secondary N) is 2. The number of anilines is 1. The number of amides is 3. The van der Waals surface area contributed by atoms with E-state index < -0.39 is 17.9 Å². The van der Waals surface area contributed by atoms with Gasteiger partial charge in [-0.1, -0.05) is 41.9 Å². The van der Waals surface area contributed by atoms with Crippen molar-refractivity contribution < 1.29 is 19.1 Å². The maximum Gasteiger partial charge on any atom is 0.269 e. The number of ether oxygens (including phenoxy) is 1. The number of thiocarbonyl (C=S) groups is 1. The molecule has 2 N–H and O–H groups in total. The quantitative estimate of drug-likeness (QED) is 0.405. The first-order valence-corrected chi connectivity index (χ1v) is 12.3. The Labute approximate surface area is 225 Å². The summed E-state index contributed by atoms with van der Waals surface area (Å²) in [4.78, 5) is 40.6. The van der Waals surface area contributed by atoms with Crippen molar-refractivity contribution in [3.63, 3.8) is 0 Å². The molecule has 1 unspecified atom stereocenters. The van der Waals surface area contributed by atoms with Crippen molar-refractivity contribution in [1.29, 1.82) is 0 Å². The predicted octanol–water partition coefficient (Wildman–Crippen LogP) is 3.74. The van der Waals surface area contributed by atoms with Crippen LogP contribution in [-0.4, -0.2) is 47.5 Å². The van der Waals surface area contributed by atoms with Crippen LogP contribution in [0.25, 0.3) is 0 Å². The Bertz CT molecular complexity index is 1290. The summed E-state index contributed by atoms with van der Waals surface area (Å²) in [5.41, 5.74) is 4.61. The first kappa shape index (κ1) is 26.1. The number of hydrazine groups is 1. The molecule has 0 spiro atoms. The molecule has 3 aromatic carbocycles. The monoisotopic (exact) mass is 536 g/mol. The summed E-state index contributed by atoms with van der Waals surface area (Å²) in [6.45, 7) is 0.410. The van der Waals surface area contributed by atoms with Gasteiger partial charge in [-0.25, -0.2) is 5.01 Å². The van der Waals surface area contributed by atoms with Gasteiger partial charge in [0.15, 0.2) is 0 Å². The van der Waals surface area contributed by atoms with Crippen molar-refractivity contribution in [2.24, 2.45) is 0 Å². The third kappa shape index (κ3) is 6.25. The predicted molar refractivity (Wildman–Crippen MR) is 145 cm³/mol. The van der Waals surface area contributed by atoms with E-state index in [1.807, 2.05) is 30.3 Å². The normalized spacial score (nSPS) is 15.0. The van der Waals surface area contributed by atoms with Gasteiger partial charge < -0.3 is 10.1 Å². The zero-order valence-corrected chi connectivity index (χ0v) is 21.6. The smallest absolute Gasteiger partial charge is 0.269 e. The molecular weight excluding hydrogens is 512 g/mol. The summed E-state index contributed by atoms with van der Waals surface area (Å²) in [5.74, 6) is -0.634. The molecule has 10 heteroatoms. The second-order valence-electron chi connectivity index (χ2n) is 8.28. The molecule has 3 amide bonds. The van der Waals surface area contributed by atoms with Gasteiger partial charge in [0, 0.05) is 17.1 Å². The summed E-state index contributed by atoms with van der Waals surface area (Å²) < 4.78 is 5.19.